The summed E-state index contributed by atoms with van der Waals surface area (Å²) in [5, 5.41) is 9.36. The molecule has 94 valence electrons. The van der Waals surface area contributed by atoms with E-state index in [4.69, 9.17) is 0 Å². The monoisotopic (exact) mass is 253 g/mol. The number of nitrogens with zero attached hydrogens (tertiary/aromatic N) is 1. The number of hydrogen-bond donors (Lipinski definition) is 2. The maximum Gasteiger partial charge on any atom is 0.237 e. The first-order valence-corrected chi connectivity index (χ1v) is 7.06. The van der Waals surface area contributed by atoms with Crippen LogP contribution in [-0.4, -0.2) is 30.0 Å². The molecule has 0 radical (unpaired) electrons. The summed E-state index contributed by atoms with van der Waals surface area (Å²) < 4.78 is 0. The topological polar surface area (TPSA) is 54.0 Å². The van der Waals surface area contributed by atoms with Gasteiger partial charge in [-0.1, -0.05) is 6.42 Å². The number of rotatable bonds is 4. The van der Waals surface area contributed by atoms with E-state index >= 15 is 0 Å². The van der Waals surface area contributed by atoms with Gasteiger partial charge in [0.25, 0.3) is 0 Å². The second kappa shape index (κ2) is 6.12. The number of nitrogens with one attached hydrogen (secondary N) is 2. The fourth-order valence-corrected chi connectivity index (χ4v) is 2.68. The minimum atomic E-state index is 0.0147. The van der Waals surface area contributed by atoms with E-state index in [0.29, 0.717) is 6.54 Å². The van der Waals surface area contributed by atoms with E-state index in [1.807, 2.05) is 6.92 Å². The average Bonchev–Trinajstić information content (AvgIpc) is 2.76. The SMILES string of the molecule is Cc1nc(CCNC(=O)[C@@H]2CCCCN2)cs1. The van der Waals surface area contributed by atoms with Crippen LogP contribution in [0.25, 0.3) is 0 Å². The molecule has 1 aliphatic rings. The van der Waals surface area contributed by atoms with Crippen LogP contribution in [0.15, 0.2) is 5.38 Å². The van der Waals surface area contributed by atoms with Crippen LogP contribution in [0.4, 0.5) is 0 Å². The molecule has 0 bridgehead atoms. The van der Waals surface area contributed by atoms with Gasteiger partial charge in [-0.25, -0.2) is 4.98 Å². The molecule has 2 heterocycles. The van der Waals surface area contributed by atoms with Crippen molar-refractivity contribution >= 4 is 17.2 Å². The smallest absolute Gasteiger partial charge is 0.237 e. The van der Waals surface area contributed by atoms with Crippen LogP contribution in [0.5, 0.6) is 0 Å². The van der Waals surface area contributed by atoms with Crippen molar-refractivity contribution < 1.29 is 4.79 Å². The van der Waals surface area contributed by atoms with E-state index in [1.165, 1.54) is 6.42 Å². The Morgan fingerprint density at radius 3 is 3.18 bits per heavy atom. The normalized spacial score (nSPS) is 20.2. The number of thiazole rings is 1. The van der Waals surface area contributed by atoms with E-state index in [-0.39, 0.29) is 11.9 Å². The first-order chi connectivity index (χ1) is 8.25. The van der Waals surface area contributed by atoms with Crippen LogP contribution in [0.1, 0.15) is 30.0 Å². The molecule has 0 aliphatic carbocycles. The number of piperidine rings is 1. The lowest BCUT2D eigenvalue weighted by molar-refractivity contribution is -0.123. The Labute approximate surface area is 106 Å². The van der Waals surface area contributed by atoms with Crippen LogP contribution in [0.3, 0.4) is 0 Å². The lowest BCUT2D eigenvalue weighted by atomic mass is 10.0. The molecule has 4 nitrogen and oxygen atoms in total. The third-order valence-electron chi connectivity index (χ3n) is 2.97. The largest absolute Gasteiger partial charge is 0.354 e. The highest BCUT2D eigenvalue weighted by Crippen LogP contribution is 2.08. The molecule has 0 saturated carbocycles. The number of hydrogen-bond acceptors (Lipinski definition) is 4. The summed E-state index contributed by atoms with van der Waals surface area (Å²) in [6, 6.07) is 0.0147. The predicted molar refractivity (Wildman–Crippen MR) is 69.2 cm³/mol. The van der Waals surface area contributed by atoms with Crippen LogP contribution in [0, 0.1) is 6.92 Å². The molecule has 1 aliphatic heterocycles. The second-order valence-electron chi connectivity index (χ2n) is 4.40. The molecule has 17 heavy (non-hydrogen) atoms. The highest BCUT2D eigenvalue weighted by molar-refractivity contribution is 7.09. The fraction of sp³-hybridized carbons (Fsp3) is 0.667. The molecular formula is C12H19N3OS. The summed E-state index contributed by atoms with van der Waals surface area (Å²) in [4.78, 5) is 16.2. The Bertz CT molecular complexity index is 372. The van der Waals surface area contributed by atoms with Gasteiger partial charge in [0.05, 0.1) is 16.7 Å². The molecule has 1 amide bonds. The first kappa shape index (κ1) is 12.5. The van der Waals surface area contributed by atoms with E-state index < -0.39 is 0 Å². The maximum atomic E-state index is 11.8. The standard InChI is InChI=1S/C12H19N3OS/c1-9-15-10(8-17-9)5-7-14-12(16)11-4-2-3-6-13-11/h8,11,13H,2-7H2,1H3,(H,14,16)/t11-/m0/s1. The first-order valence-electron chi connectivity index (χ1n) is 6.18. The maximum absolute atomic E-state index is 11.8. The number of carbonyl (C=O) groups is 1. The quantitative estimate of drug-likeness (QED) is 0.849. The van der Waals surface area contributed by atoms with Crippen molar-refractivity contribution in [1.82, 2.24) is 15.6 Å². The van der Waals surface area contributed by atoms with Crippen molar-refractivity contribution in [3.05, 3.63) is 16.1 Å². The zero-order chi connectivity index (χ0) is 12.1. The van der Waals surface area contributed by atoms with Gasteiger partial charge in [-0.15, -0.1) is 11.3 Å². The van der Waals surface area contributed by atoms with Gasteiger partial charge < -0.3 is 10.6 Å². The van der Waals surface area contributed by atoms with Gasteiger partial charge in [0.1, 0.15) is 0 Å². The number of aryl methyl sites for hydroxylation is 1. The highest BCUT2D eigenvalue weighted by Gasteiger charge is 2.19. The molecule has 1 aromatic heterocycles. The summed E-state index contributed by atoms with van der Waals surface area (Å²) in [7, 11) is 0. The van der Waals surface area contributed by atoms with Gasteiger partial charge in [0.15, 0.2) is 0 Å². The van der Waals surface area contributed by atoms with E-state index in [9.17, 15) is 4.79 Å². The van der Waals surface area contributed by atoms with Crippen molar-refractivity contribution in [3.63, 3.8) is 0 Å². The van der Waals surface area contributed by atoms with Gasteiger partial charge in [0, 0.05) is 18.3 Å². The van der Waals surface area contributed by atoms with Crippen LogP contribution >= 0.6 is 11.3 Å². The zero-order valence-electron chi connectivity index (χ0n) is 10.2. The van der Waals surface area contributed by atoms with Crippen molar-refractivity contribution in [1.29, 1.82) is 0 Å². The number of aromatic nitrogens is 1. The summed E-state index contributed by atoms with van der Waals surface area (Å²) in [5.41, 5.74) is 1.07. The van der Waals surface area contributed by atoms with E-state index in [1.54, 1.807) is 11.3 Å². The molecule has 1 aromatic rings. The fourth-order valence-electron chi connectivity index (χ4n) is 2.04. The number of carbonyl (C=O) groups excluding carboxylic acids is 1. The van der Waals surface area contributed by atoms with Crippen molar-refractivity contribution in [2.45, 2.75) is 38.6 Å². The predicted octanol–water partition coefficient (Wildman–Crippen LogP) is 1.25. The summed E-state index contributed by atoms with van der Waals surface area (Å²) >= 11 is 1.66. The molecular weight excluding hydrogens is 234 g/mol. The Morgan fingerprint density at radius 1 is 1.65 bits per heavy atom. The van der Waals surface area contributed by atoms with Crippen molar-refractivity contribution in [3.8, 4) is 0 Å². The molecule has 5 heteroatoms. The lowest BCUT2D eigenvalue weighted by Crippen LogP contribution is -2.47. The molecule has 2 N–H and O–H groups in total. The summed E-state index contributed by atoms with van der Waals surface area (Å²) in [6.45, 7) is 3.64. The minimum Gasteiger partial charge on any atom is -0.354 e. The molecule has 0 aromatic carbocycles. The minimum absolute atomic E-state index is 0.0147. The molecule has 0 spiro atoms. The van der Waals surface area contributed by atoms with Crippen LogP contribution in [0.2, 0.25) is 0 Å². The molecule has 1 fully saturated rings. The summed E-state index contributed by atoms with van der Waals surface area (Å²) in [5.74, 6) is 0.136. The average molecular weight is 253 g/mol. The molecule has 1 saturated heterocycles. The highest BCUT2D eigenvalue weighted by atomic mass is 32.1. The van der Waals surface area contributed by atoms with Gasteiger partial charge in [0.2, 0.25) is 5.91 Å². The van der Waals surface area contributed by atoms with E-state index in [2.05, 4.69) is 21.0 Å². The van der Waals surface area contributed by atoms with Gasteiger partial charge in [-0.3, -0.25) is 4.79 Å². The van der Waals surface area contributed by atoms with Gasteiger partial charge in [-0.2, -0.15) is 0 Å². The Balaban J connectivity index is 1.69. The Morgan fingerprint density at radius 2 is 2.53 bits per heavy atom. The summed E-state index contributed by atoms with van der Waals surface area (Å²) in [6.07, 6.45) is 4.11. The molecule has 2 rings (SSSR count). The third kappa shape index (κ3) is 3.78. The lowest BCUT2D eigenvalue weighted by Gasteiger charge is -2.22. The van der Waals surface area contributed by atoms with Gasteiger partial charge >= 0.3 is 0 Å². The second-order valence-corrected chi connectivity index (χ2v) is 5.46. The number of amides is 1. The van der Waals surface area contributed by atoms with Crippen LogP contribution < -0.4 is 10.6 Å². The Hall–Kier alpha value is -0.940. The van der Waals surface area contributed by atoms with E-state index in [0.717, 1.165) is 36.5 Å². The zero-order valence-corrected chi connectivity index (χ0v) is 11.0. The van der Waals surface area contributed by atoms with Crippen LogP contribution in [-0.2, 0) is 11.2 Å². The molecule has 1 atom stereocenters. The Kier molecular flexibility index (Phi) is 4.50. The van der Waals surface area contributed by atoms with Crippen molar-refractivity contribution in [2.24, 2.45) is 0 Å². The third-order valence-corrected chi connectivity index (χ3v) is 3.80. The van der Waals surface area contributed by atoms with Gasteiger partial charge in [-0.05, 0) is 26.3 Å². The molecule has 0 unspecified atom stereocenters. The van der Waals surface area contributed by atoms with Crippen molar-refractivity contribution in [2.75, 3.05) is 13.1 Å².